The van der Waals surface area contributed by atoms with Gasteiger partial charge in [0.25, 0.3) is 0 Å². The van der Waals surface area contributed by atoms with Gasteiger partial charge in [0.05, 0.1) is 35.3 Å². The van der Waals surface area contributed by atoms with Crippen LogP contribution < -0.4 is 4.90 Å². The Balaban J connectivity index is 1.54. The normalized spacial score (nSPS) is 15.4. The smallest absolute Gasteiger partial charge is 0.137 e. The van der Waals surface area contributed by atoms with Crippen LogP contribution in [0.15, 0.2) is 66.1 Å². The van der Waals surface area contributed by atoms with Gasteiger partial charge in [-0.3, -0.25) is 4.40 Å². The number of para-hydroxylation sites is 1. The molecule has 0 amide bonds. The largest absolute Gasteiger partial charge is 0.370 e. The van der Waals surface area contributed by atoms with E-state index < -0.39 is 0 Å². The Morgan fingerprint density at radius 2 is 1.93 bits per heavy atom. The molecule has 1 saturated heterocycles. The van der Waals surface area contributed by atoms with Gasteiger partial charge in [-0.05, 0) is 43.0 Å². The van der Waals surface area contributed by atoms with Crippen molar-refractivity contribution in [1.29, 1.82) is 0 Å². The Bertz CT molecular complexity index is 1140. The molecule has 3 aromatic heterocycles. The van der Waals surface area contributed by atoms with E-state index in [-0.39, 0.29) is 0 Å². The molecule has 0 spiro atoms. The maximum Gasteiger partial charge on any atom is 0.137 e. The van der Waals surface area contributed by atoms with Crippen molar-refractivity contribution in [3.8, 4) is 11.4 Å². The molecule has 0 bridgehead atoms. The number of anilines is 1. The van der Waals surface area contributed by atoms with Crippen LogP contribution in [0.5, 0.6) is 0 Å². The third kappa shape index (κ3) is 2.91. The molecule has 5 rings (SSSR count). The number of nitroso groups, excluding NO2 is 1. The first-order valence-corrected chi connectivity index (χ1v) is 9.70. The van der Waals surface area contributed by atoms with Crippen LogP contribution in [0, 0.1) is 10.8 Å². The monoisotopic (exact) mass is 371 g/mol. The standard InChI is InChI=1S/C22H21N5O/c28-24-14-16-9-12-26(13-10-16)19-5-3-4-17-7-8-18(25-22(17)19)20-15-23-21-6-1-2-11-27(20)21/h1-8,11,15-16H,9-10,12-14H2. The van der Waals surface area contributed by atoms with Crippen molar-refractivity contribution in [3.63, 3.8) is 0 Å². The summed E-state index contributed by atoms with van der Waals surface area (Å²) in [6, 6.07) is 16.5. The van der Waals surface area contributed by atoms with Gasteiger partial charge in [-0.15, -0.1) is 0 Å². The van der Waals surface area contributed by atoms with Crippen LogP contribution in [0.3, 0.4) is 0 Å². The molecule has 140 valence electrons. The lowest BCUT2D eigenvalue weighted by molar-refractivity contribution is 0.415. The van der Waals surface area contributed by atoms with Crippen molar-refractivity contribution in [2.75, 3.05) is 24.5 Å². The number of pyridine rings is 2. The van der Waals surface area contributed by atoms with Crippen LogP contribution in [0.1, 0.15) is 12.8 Å². The summed E-state index contributed by atoms with van der Waals surface area (Å²) in [5.41, 5.74) is 4.99. The fourth-order valence-corrected chi connectivity index (χ4v) is 4.11. The second-order valence-electron chi connectivity index (χ2n) is 7.36. The molecule has 0 saturated carbocycles. The molecule has 4 heterocycles. The SMILES string of the molecule is O=NCC1CCN(c2cccc3ccc(-c4cnc5ccccn45)nc23)CC1. The van der Waals surface area contributed by atoms with Crippen molar-refractivity contribution in [1.82, 2.24) is 14.4 Å². The minimum Gasteiger partial charge on any atom is -0.370 e. The van der Waals surface area contributed by atoms with Gasteiger partial charge in [-0.25, -0.2) is 9.97 Å². The fraction of sp³-hybridized carbons (Fsp3) is 0.273. The van der Waals surface area contributed by atoms with E-state index in [0.717, 1.165) is 59.6 Å². The fourth-order valence-electron chi connectivity index (χ4n) is 4.11. The maximum atomic E-state index is 10.6. The predicted octanol–water partition coefficient (Wildman–Crippen LogP) is 4.53. The number of rotatable bonds is 4. The van der Waals surface area contributed by atoms with E-state index in [2.05, 4.69) is 49.8 Å². The Hall–Kier alpha value is -3.28. The molecule has 4 aromatic rings. The molecular weight excluding hydrogens is 350 g/mol. The lowest BCUT2D eigenvalue weighted by Crippen LogP contribution is -2.34. The molecular formula is C22H21N5O. The first kappa shape index (κ1) is 16.9. The first-order valence-electron chi connectivity index (χ1n) is 9.70. The second kappa shape index (κ2) is 7.03. The minimum absolute atomic E-state index is 0.408. The van der Waals surface area contributed by atoms with Gasteiger partial charge in [0.2, 0.25) is 0 Å². The third-order valence-corrected chi connectivity index (χ3v) is 5.67. The average molecular weight is 371 g/mol. The van der Waals surface area contributed by atoms with Crippen LogP contribution in [0.25, 0.3) is 27.9 Å². The molecule has 0 atom stereocenters. The molecule has 1 aliphatic rings. The van der Waals surface area contributed by atoms with Crippen molar-refractivity contribution in [2.24, 2.45) is 11.1 Å². The highest BCUT2D eigenvalue weighted by atomic mass is 16.3. The summed E-state index contributed by atoms with van der Waals surface area (Å²) in [7, 11) is 0. The number of piperidine rings is 1. The summed E-state index contributed by atoms with van der Waals surface area (Å²) in [4.78, 5) is 22.5. The Morgan fingerprint density at radius 3 is 2.79 bits per heavy atom. The number of aromatic nitrogens is 3. The van der Waals surface area contributed by atoms with Gasteiger partial charge in [-0.2, -0.15) is 4.91 Å². The second-order valence-corrected chi connectivity index (χ2v) is 7.36. The number of imidazole rings is 1. The highest BCUT2D eigenvalue weighted by Crippen LogP contribution is 2.31. The topological polar surface area (TPSA) is 62.9 Å². The van der Waals surface area contributed by atoms with E-state index in [1.54, 1.807) is 0 Å². The van der Waals surface area contributed by atoms with Gasteiger partial charge in [0.15, 0.2) is 0 Å². The average Bonchev–Trinajstić information content (AvgIpc) is 3.18. The molecule has 1 aliphatic heterocycles. The number of benzene rings is 1. The summed E-state index contributed by atoms with van der Waals surface area (Å²) in [6.45, 7) is 2.29. The number of fused-ring (bicyclic) bond motifs is 2. The van der Waals surface area contributed by atoms with E-state index in [4.69, 9.17) is 4.98 Å². The Labute approximate surface area is 162 Å². The number of nitrogens with zero attached hydrogens (tertiary/aromatic N) is 5. The van der Waals surface area contributed by atoms with Gasteiger partial charge >= 0.3 is 0 Å². The lowest BCUT2D eigenvalue weighted by Gasteiger charge is -2.33. The summed E-state index contributed by atoms with van der Waals surface area (Å²) < 4.78 is 2.06. The molecule has 1 fully saturated rings. The zero-order valence-corrected chi connectivity index (χ0v) is 15.5. The van der Waals surface area contributed by atoms with Gasteiger partial charge in [0, 0.05) is 24.7 Å². The summed E-state index contributed by atoms with van der Waals surface area (Å²) >= 11 is 0. The van der Waals surface area contributed by atoms with Gasteiger partial charge in [-0.1, -0.05) is 29.4 Å². The number of hydrogen-bond donors (Lipinski definition) is 0. The van der Waals surface area contributed by atoms with Crippen molar-refractivity contribution >= 4 is 22.2 Å². The summed E-state index contributed by atoms with van der Waals surface area (Å²) in [5, 5.41) is 4.21. The molecule has 6 heteroatoms. The van der Waals surface area contributed by atoms with E-state index in [1.807, 2.05) is 30.6 Å². The van der Waals surface area contributed by atoms with Crippen LogP contribution >= 0.6 is 0 Å². The van der Waals surface area contributed by atoms with E-state index >= 15 is 0 Å². The Kier molecular flexibility index (Phi) is 4.24. The zero-order valence-electron chi connectivity index (χ0n) is 15.5. The predicted molar refractivity (Wildman–Crippen MR) is 112 cm³/mol. The number of hydrogen-bond acceptors (Lipinski definition) is 5. The quantitative estimate of drug-likeness (QED) is 0.494. The molecule has 1 aromatic carbocycles. The summed E-state index contributed by atoms with van der Waals surface area (Å²) in [6.07, 6.45) is 5.88. The Morgan fingerprint density at radius 1 is 1.04 bits per heavy atom. The van der Waals surface area contributed by atoms with Gasteiger partial charge in [0.1, 0.15) is 5.65 Å². The van der Waals surface area contributed by atoms with Gasteiger partial charge < -0.3 is 4.90 Å². The third-order valence-electron chi connectivity index (χ3n) is 5.67. The van der Waals surface area contributed by atoms with Crippen LogP contribution in [0.4, 0.5) is 5.69 Å². The molecule has 0 aliphatic carbocycles. The highest BCUT2D eigenvalue weighted by molar-refractivity contribution is 5.92. The van der Waals surface area contributed by atoms with Crippen LogP contribution in [-0.2, 0) is 0 Å². The first-order chi connectivity index (χ1) is 13.8. The van der Waals surface area contributed by atoms with E-state index in [1.165, 1.54) is 0 Å². The molecule has 0 N–H and O–H groups in total. The molecule has 6 nitrogen and oxygen atoms in total. The highest BCUT2D eigenvalue weighted by Gasteiger charge is 2.21. The van der Waals surface area contributed by atoms with Crippen LogP contribution in [-0.4, -0.2) is 34.0 Å². The van der Waals surface area contributed by atoms with Crippen molar-refractivity contribution in [2.45, 2.75) is 12.8 Å². The van der Waals surface area contributed by atoms with E-state index in [9.17, 15) is 4.91 Å². The molecule has 0 radical (unpaired) electrons. The minimum atomic E-state index is 0.408. The summed E-state index contributed by atoms with van der Waals surface area (Å²) in [5.74, 6) is 0.408. The van der Waals surface area contributed by atoms with Crippen LogP contribution in [0.2, 0.25) is 0 Å². The van der Waals surface area contributed by atoms with E-state index in [0.29, 0.717) is 12.5 Å². The maximum absolute atomic E-state index is 10.6. The zero-order chi connectivity index (χ0) is 18.9. The van der Waals surface area contributed by atoms with Crippen molar-refractivity contribution in [3.05, 3.63) is 65.8 Å². The molecule has 0 unspecified atom stereocenters. The van der Waals surface area contributed by atoms with Crippen molar-refractivity contribution < 1.29 is 0 Å². The molecule has 28 heavy (non-hydrogen) atoms. The lowest BCUT2D eigenvalue weighted by atomic mass is 9.96.